The third-order valence-electron chi connectivity index (χ3n) is 8.28. The zero-order valence-corrected chi connectivity index (χ0v) is 19.9. The summed E-state index contributed by atoms with van der Waals surface area (Å²) in [5.41, 5.74) is 4.66. The second-order valence-corrected chi connectivity index (χ2v) is 10.9. The van der Waals surface area contributed by atoms with Crippen molar-refractivity contribution < 1.29 is 9.53 Å². The first kappa shape index (κ1) is 21.1. The summed E-state index contributed by atoms with van der Waals surface area (Å²) >= 11 is 6.82. The standard InChI is InChI=1S/C28H31ClN2O2/c1-2-33-27(32)17-31-8-7-21-3-5-23(13-26(21)31)30-25-6-4-22(12-24(25)29)28-14-18-9-19(15-28)11-20(10-18)16-28/h3-8,12-13,18-20,30H,2,9-11,14-17H2,1H3. The molecule has 172 valence electrons. The Morgan fingerprint density at radius 3 is 2.45 bits per heavy atom. The number of halogens is 1. The molecule has 0 saturated heterocycles. The lowest BCUT2D eigenvalue weighted by atomic mass is 9.48. The molecule has 2 aromatic carbocycles. The van der Waals surface area contributed by atoms with Gasteiger partial charge >= 0.3 is 5.97 Å². The van der Waals surface area contributed by atoms with E-state index in [9.17, 15) is 4.79 Å². The number of aromatic nitrogens is 1. The monoisotopic (exact) mass is 462 g/mol. The molecule has 4 aliphatic rings. The number of fused-ring (bicyclic) bond motifs is 1. The third-order valence-corrected chi connectivity index (χ3v) is 8.59. The molecule has 5 heteroatoms. The molecule has 1 heterocycles. The van der Waals surface area contributed by atoms with Crippen molar-refractivity contribution in [1.29, 1.82) is 0 Å². The average molecular weight is 463 g/mol. The van der Waals surface area contributed by atoms with Gasteiger partial charge < -0.3 is 14.6 Å². The maximum Gasteiger partial charge on any atom is 0.325 e. The number of carbonyl (C=O) groups excluding carboxylic acids is 1. The Hall–Kier alpha value is -2.46. The highest BCUT2D eigenvalue weighted by atomic mass is 35.5. The van der Waals surface area contributed by atoms with Gasteiger partial charge in [-0.05, 0) is 110 Å². The highest BCUT2D eigenvalue weighted by molar-refractivity contribution is 6.33. The summed E-state index contributed by atoms with van der Waals surface area (Å²) in [5, 5.41) is 5.37. The lowest BCUT2D eigenvalue weighted by Gasteiger charge is -2.57. The predicted molar refractivity (Wildman–Crippen MR) is 133 cm³/mol. The van der Waals surface area contributed by atoms with E-state index in [2.05, 4.69) is 41.7 Å². The van der Waals surface area contributed by atoms with E-state index in [4.69, 9.17) is 16.3 Å². The number of carbonyl (C=O) groups is 1. The van der Waals surface area contributed by atoms with Gasteiger partial charge in [0.25, 0.3) is 0 Å². The van der Waals surface area contributed by atoms with E-state index in [-0.39, 0.29) is 12.5 Å². The van der Waals surface area contributed by atoms with Gasteiger partial charge in [-0.2, -0.15) is 0 Å². The Morgan fingerprint density at radius 1 is 1.06 bits per heavy atom. The quantitative estimate of drug-likeness (QED) is 0.398. The molecular formula is C28H31ClN2O2. The second-order valence-electron chi connectivity index (χ2n) is 10.5. The lowest BCUT2D eigenvalue weighted by Crippen LogP contribution is -2.48. The van der Waals surface area contributed by atoms with Crippen LogP contribution >= 0.6 is 11.6 Å². The smallest absolute Gasteiger partial charge is 0.325 e. The van der Waals surface area contributed by atoms with Crippen LogP contribution in [-0.2, 0) is 21.5 Å². The van der Waals surface area contributed by atoms with Crippen molar-refractivity contribution in [2.45, 2.75) is 57.4 Å². The molecular weight excluding hydrogens is 432 g/mol. The first-order valence-corrected chi connectivity index (χ1v) is 12.7. The summed E-state index contributed by atoms with van der Waals surface area (Å²) in [7, 11) is 0. The maximum atomic E-state index is 12.0. The van der Waals surface area contributed by atoms with Crippen LogP contribution in [0.2, 0.25) is 5.02 Å². The van der Waals surface area contributed by atoms with Crippen molar-refractivity contribution >= 4 is 39.8 Å². The molecule has 4 saturated carbocycles. The van der Waals surface area contributed by atoms with Crippen LogP contribution in [0.5, 0.6) is 0 Å². The van der Waals surface area contributed by atoms with E-state index >= 15 is 0 Å². The molecule has 0 amide bonds. The Kier molecular flexibility index (Phi) is 5.17. The molecule has 4 nitrogen and oxygen atoms in total. The van der Waals surface area contributed by atoms with Gasteiger partial charge in [-0.25, -0.2) is 0 Å². The largest absolute Gasteiger partial charge is 0.465 e. The van der Waals surface area contributed by atoms with Crippen LogP contribution in [0, 0.1) is 17.8 Å². The Bertz CT molecular complexity index is 1180. The molecule has 0 unspecified atom stereocenters. The van der Waals surface area contributed by atoms with E-state index in [1.165, 1.54) is 44.1 Å². The van der Waals surface area contributed by atoms with Gasteiger partial charge in [0.2, 0.25) is 0 Å². The number of nitrogens with one attached hydrogen (secondary N) is 1. The number of benzene rings is 2. The molecule has 4 fully saturated rings. The predicted octanol–water partition coefficient (Wildman–Crippen LogP) is 7.07. The highest BCUT2D eigenvalue weighted by Gasteiger charge is 2.51. The number of nitrogens with zero attached hydrogens (tertiary/aromatic N) is 1. The van der Waals surface area contributed by atoms with Gasteiger partial charge in [0, 0.05) is 11.9 Å². The van der Waals surface area contributed by atoms with Gasteiger partial charge in [0.1, 0.15) is 6.54 Å². The molecule has 1 N–H and O–H groups in total. The lowest BCUT2D eigenvalue weighted by molar-refractivity contribution is -0.143. The fourth-order valence-electron chi connectivity index (χ4n) is 7.31. The SMILES string of the molecule is CCOC(=O)Cn1ccc2ccc(Nc3ccc(C45CC6CC(CC(C6)C4)C5)cc3Cl)cc21. The van der Waals surface area contributed by atoms with E-state index in [1.54, 1.807) is 0 Å². The van der Waals surface area contributed by atoms with E-state index in [0.717, 1.165) is 45.1 Å². The fourth-order valence-corrected chi connectivity index (χ4v) is 7.54. The molecule has 0 spiro atoms. The van der Waals surface area contributed by atoms with Gasteiger partial charge in [0.05, 0.1) is 22.8 Å². The normalized spacial score (nSPS) is 27.8. The topological polar surface area (TPSA) is 43.3 Å². The van der Waals surface area contributed by atoms with Crippen LogP contribution < -0.4 is 5.32 Å². The van der Waals surface area contributed by atoms with Gasteiger partial charge in [-0.15, -0.1) is 0 Å². The maximum absolute atomic E-state index is 12.0. The number of rotatable bonds is 6. The van der Waals surface area contributed by atoms with E-state index in [0.29, 0.717) is 12.0 Å². The first-order chi connectivity index (χ1) is 16.0. The summed E-state index contributed by atoms with van der Waals surface area (Å²) in [6.07, 6.45) is 10.3. The van der Waals surface area contributed by atoms with Crippen LogP contribution in [0.1, 0.15) is 51.0 Å². The van der Waals surface area contributed by atoms with Gasteiger partial charge in [0.15, 0.2) is 0 Å². The minimum absolute atomic E-state index is 0.210. The molecule has 4 bridgehead atoms. The number of hydrogen-bond donors (Lipinski definition) is 1. The first-order valence-electron chi connectivity index (χ1n) is 12.3. The van der Waals surface area contributed by atoms with Crippen LogP contribution in [0.3, 0.4) is 0 Å². The summed E-state index contributed by atoms with van der Waals surface area (Å²) in [6, 6.07) is 14.9. The summed E-state index contributed by atoms with van der Waals surface area (Å²) < 4.78 is 7.04. The molecule has 7 rings (SSSR count). The van der Waals surface area contributed by atoms with Crippen molar-refractivity contribution in [2.75, 3.05) is 11.9 Å². The summed E-state index contributed by atoms with van der Waals surface area (Å²) in [6.45, 7) is 2.43. The van der Waals surface area contributed by atoms with Crippen molar-refractivity contribution in [3.8, 4) is 0 Å². The molecule has 3 aromatic rings. The average Bonchev–Trinajstić information content (AvgIpc) is 3.16. The van der Waals surface area contributed by atoms with Crippen LogP contribution in [0.25, 0.3) is 10.9 Å². The minimum atomic E-state index is -0.225. The summed E-state index contributed by atoms with van der Waals surface area (Å²) in [4.78, 5) is 12.0. The van der Waals surface area contributed by atoms with Crippen molar-refractivity contribution in [2.24, 2.45) is 17.8 Å². The van der Waals surface area contributed by atoms with Crippen LogP contribution in [0.15, 0.2) is 48.7 Å². The Labute approximate surface area is 200 Å². The number of hydrogen-bond acceptors (Lipinski definition) is 3. The molecule has 4 aliphatic carbocycles. The minimum Gasteiger partial charge on any atom is -0.465 e. The van der Waals surface area contributed by atoms with E-state index < -0.39 is 0 Å². The molecule has 1 aromatic heterocycles. The summed E-state index contributed by atoms with van der Waals surface area (Å²) in [5.74, 6) is 2.54. The molecule has 0 aliphatic heterocycles. The fraction of sp³-hybridized carbons (Fsp3) is 0.464. The van der Waals surface area contributed by atoms with Gasteiger partial charge in [-0.1, -0.05) is 23.7 Å². The molecule has 0 atom stereocenters. The number of anilines is 2. The zero-order valence-electron chi connectivity index (χ0n) is 19.1. The van der Waals surface area contributed by atoms with Crippen LogP contribution in [-0.4, -0.2) is 17.1 Å². The molecule has 33 heavy (non-hydrogen) atoms. The highest BCUT2D eigenvalue weighted by Crippen LogP contribution is 2.61. The van der Waals surface area contributed by atoms with Gasteiger partial charge in [-0.3, -0.25) is 4.79 Å². The van der Waals surface area contributed by atoms with Crippen molar-refractivity contribution in [1.82, 2.24) is 4.57 Å². The Balaban J connectivity index is 1.24. The Morgan fingerprint density at radius 2 is 1.79 bits per heavy atom. The second kappa shape index (κ2) is 8.09. The van der Waals surface area contributed by atoms with Crippen molar-refractivity contribution in [3.05, 3.63) is 59.2 Å². The zero-order chi connectivity index (χ0) is 22.6. The van der Waals surface area contributed by atoms with E-state index in [1.807, 2.05) is 23.8 Å². The molecule has 0 radical (unpaired) electrons. The number of ether oxygens (including phenoxy) is 1. The van der Waals surface area contributed by atoms with Crippen molar-refractivity contribution in [3.63, 3.8) is 0 Å². The third kappa shape index (κ3) is 3.82. The van der Waals surface area contributed by atoms with Crippen LogP contribution in [0.4, 0.5) is 11.4 Å². The number of esters is 1.